The zero-order valence-electron chi connectivity index (χ0n) is 13.3. The van der Waals surface area contributed by atoms with E-state index in [0.29, 0.717) is 12.0 Å². The number of ether oxygens (including phenoxy) is 1. The maximum Gasteiger partial charge on any atom is 0.124 e. The Bertz CT molecular complexity index is 373. The van der Waals surface area contributed by atoms with Crippen molar-refractivity contribution in [2.24, 2.45) is 5.92 Å². The molecule has 1 rings (SSSR count). The molecule has 1 aromatic rings. The molecule has 2 heteroatoms. The van der Waals surface area contributed by atoms with Crippen molar-refractivity contribution in [1.82, 2.24) is 5.32 Å². The van der Waals surface area contributed by atoms with Crippen LogP contribution < -0.4 is 10.1 Å². The minimum Gasteiger partial charge on any atom is -0.496 e. The Kier molecular flexibility index (Phi) is 6.36. The van der Waals surface area contributed by atoms with Gasteiger partial charge in [0, 0.05) is 6.04 Å². The molecule has 0 bridgehead atoms. The molecule has 1 aromatic carbocycles. The molecule has 0 saturated carbocycles. The first-order valence-corrected chi connectivity index (χ1v) is 7.47. The van der Waals surface area contributed by atoms with Gasteiger partial charge in [0.15, 0.2) is 0 Å². The maximum absolute atomic E-state index is 5.46. The SMILES string of the molecule is CCNC(c1cc(C)c(OC)c(C)c1)C(CC)CC. The highest BCUT2D eigenvalue weighted by Gasteiger charge is 2.20. The van der Waals surface area contributed by atoms with Gasteiger partial charge in [0.2, 0.25) is 0 Å². The van der Waals surface area contributed by atoms with Crippen LogP contribution in [0.15, 0.2) is 12.1 Å². The van der Waals surface area contributed by atoms with Crippen LogP contribution >= 0.6 is 0 Å². The molecule has 1 atom stereocenters. The lowest BCUT2D eigenvalue weighted by Gasteiger charge is -2.27. The fourth-order valence-corrected chi connectivity index (χ4v) is 3.02. The number of nitrogens with one attached hydrogen (secondary N) is 1. The van der Waals surface area contributed by atoms with Crippen LogP contribution in [0, 0.1) is 19.8 Å². The van der Waals surface area contributed by atoms with Gasteiger partial charge < -0.3 is 10.1 Å². The second-order valence-corrected chi connectivity index (χ2v) is 5.30. The molecule has 0 aliphatic heterocycles. The van der Waals surface area contributed by atoms with Crippen molar-refractivity contribution in [3.8, 4) is 5.75 Å². The second-order valence-electron chi connectivity index (χ2n) is 5.30. The molecule has 0 aromatic heterocycles. The number of methoxy groups -OCH3 is 1. The van der Waals surface area contributed by atoms with E-state index in [4.69, 9.17) is 4.74 Å². The summed E-state index contributed by atoms with van der Waals surface area (Å²) < 4.78 is 5.46. The standard InChI is InChI=1S/C17H29NO/c1-7-14(8-2)16(18-9-3)15-10-12(4)17(19-6)13(5)11-15/h10-11,14,16,18H,7-9H2,1-6H3. The predicted molar refractivity (Wildman–Crippen MR) is 83.0 cm³/mol. The van der Waals surface area contributed by atoms with Gasteiger partial charge >= 0.3 is 0 Å². The molecule has 0 radical (unpaired) electrons. The molecule has 0 aliphatic carbocycles. The van der Waals surface area contributed by atoms with Crippen LogP contribution in [0.1, 0.15) is 56.3 Å². The van der Waals surface area contributed by atoms with Gasteiger partial charge in [0.05, 0.1) is 7.11 Å². The van der Waals surface area contributed by atoms with Crippen LogP contribution in [0.25, 0.3) is 0 Å². The third-order valence-electron chi connectivity index (χ3n) is 3.99. The number of rotatable bonds is 7. The highest BCUT2D eigenvalue weighted by atomic mass is 16.5. The number of benzene rings is 1. The molecule has 0 spiro atoms. The van der Waals surface area contributed by atoms with Crippen LogP contribution in [-0.2, 0) is 0 Å². The van der Waals surface area contributed by atoms with Gasteiger partial charge in [-0.25, -0.2) is 0 Å². The summed E-state index contributed by atoms with van der Waals surface area (Å²) in [6.07, 6.45) is 2.41. The zero-order valence-corrected chi connectivity index (χ0v) is 13.3. The summed E-state index contributed by atoms with van der Waals surface area (Å²) in [6, 6.07) is 5.00. The first-order valence-electron chi connectivity index (χ1n) is 7.47. The minimum atomic E-state index is 0.448. The Morgan fingerprint density at radius 2 is 1.58 bits per heavy atom. The Morgan fingerprint density at radius 1 is 1.05 bits per heavy atom. The van der Waals surface area contributed by atoms with E-state index in [1.165, 1.54) is 29.5 Å². The summed E-state index contributed by atoms with van der Waals surface area (Å²) in [7, 11) is 1.75. The topological polar surface area (TPSA) is 21.3 Å². The zero-order chi connectivity index (χ0) is 14.4. The first-order chi connectivity index (χ1) is 9.08. The van der Waals surface area contributed by atoms with Gasteiger partial charge in [-0.1, -0.05) is 45.7 Å². The van der Waals surface area contributed by atoms with Gasteiger partial charge in [0.25, 0.3) is 0 Å². The van der Waals surface area contributed by atoms with Crippen molar-refractivity contribution in [3.63, 3.8) is 0 Å². The fraction of sp³-hybridized carbons (Fsp3) is 0.647. The fourth-order valence-electron chi connectivity index (χ4n) is 3.02. The lowest BCUT2D eigenvalue weighted by molar-refractivity contribution is 0.345. The van der Waals surface area contributed by atoms with E-state index in [2.05, 4.69) is 52.1 Å². The van der Waals surface area contributed by atoms with Gasteiger partial charge in [0.1, 0.15) is 5.75 Å². The molecule has 1 unspecified atom stereocenters. The molecule has 19 heavy (non-hydrogen) atoms. The van der Waals surface area contributed by atoms with Crippen molar-refractivity contribution in [1.29, 1.82) is 0 Å². The van der Waals surface area contributed by atoms with Crippen LogP contribution in [0.5, 0.6) is 5.75 Å². The maximum atomic E-state index is 5.46. The summed E-state index contributed by atoms with van der Waals surface area (Å²) in [4.78, 5) is 0. The average Bonchev–Trinajstić information content (AvgIpc) is 2.38. The Balaban J connectivity index is 3.16. The third-order valence-corrected chi connectivity index (χ3v) is 3.99. The lowest BCUT2D eigenvalue weighted by Crippen LogP contribution is -2.28. The molecule has 2 nitrogen and oxygen atoms in total. The van der Waals surface area contributed by atoms with E-state index in [1.54, 1.807) is 7.11 Å². The highest BCUT2D eigenvalue weighted by molar-refractivity contribution is 5.44. The molecule has 0 heterocycles. The van der Waals surface area contributed by atoms with E-state index in [-0.39, 0.29) is 0 Å². The Hall–Kier alpha value is -1.02. The van der Waals surface area contributed by atoms with E-state index in [0.717, 1.165) is 12.3 Å². The normalized spacial score (nSPS) is 12.8. The molecule has 0 saturated heterocycles. The van der Waals surface area contributed by atoms with Crippen molar-refractivity contribution >= 4 is 0 Å². The summed E-state index contributed by atoms with van der Waals surface area (Å²) in [5.41, 5.74) is 3.85. The molecular formula is C17H29NO. The van der Waals surface area contributed by atoms with Crippen LogP contribution in [0.2, 0.25) is 0 Å². The molecule has 0 aliphatic rings. The monoisotopic (exact) mass is 263 g/mol. The molecule has 108 valence electrons. The van der Waals surface area contributed by atoms with E-state index in [1.807, 2.05) is 0 Å². The smallest absolute Gasteiger partial charge is 0.124 e. The Labute approximate surface area is 118 Å². The molecule has 0 amide bonds. The van der Waals surface area contributed by atoms with Gasteiger partial charge in [-0.2, -0.15) is 0 Å². The molecule has 0 fully saturated rings. The molecular weight excluding hydrogens is 234 g/mol. The predicted octanol–water partition coefficient (Wildman–Crippen LogP) is 4.40. The van der Waals surface area contributed by atoms with Crippen molar-refractivity contribution in [2.75, 3.05) is 13.7 Å². The van der Waals surface area contributed by atoms with E-state index < -0.39 is 0 Å². The van der Waals surface area contributed by atoms with Gasteiger partial charge in [-0.3, -0.25) is 0 Å². The van der Waals surface area contributed by atoms with Crippen molar-refractivity contribution in [2.45, 2.75) is 53.5 Å². The van der Waals surface area contributed by atoms with Crippen LogP contribution in [-0.4, -0.2) is 13.7 Å². The summed E-state index contributed by atoms with van der Waals surface area (Å²) in [5.74, 6) is 1.70. The van der Waals surface area contributed by atoms with Gasteiger partial charge in [-0.15, -0.1) is 0 Å². The Morgan fingerprint density at radius 3 is 1.95 bits per heavy atom. The van der Waals surface area contributed by atoms with Crippen molar-refractivity contribution in [3.05, 3.63) is 28.8 Å². The number of aryl methyl sites for hydroxylation is 2. The summed E-state index contributed by atoms with van der Waals surface area (Å²) in [6.45, 7) is 12.0. The largest absolute Gasteiger partial charge is 0.496 e. The number of hydrogen-bond donors (Lipinski definition) is 1. The average molecular weight is 263 g/mol. The molecule has 1 N–H and O–H groups in total. The third kappa shape index (κ3) is 3.73. The lowest BCUT2D eigenvalue weighted by atomic mass is 9.87. The van der Waals surface area contributed by atoms with Gasteiger partial charge in [-0.05, 0) is 43.0 Å². The minimum absolute atomic E-state index is 0.448. The number of hydrogen-bond acceptors (Lipinski definition) is 2. The van der Waals surface area contributed by atoms with Crippen molar-refractivity contribution < 1.29 is 4.74 Å². The van der Waals surface area contributed by atoms with E-state index >= 15 is 0 Å². The summed E-state index contributed by atoms with van der Waals surface area (Å²) in [5, 5.41) is 3.65. The first kappa shape index (κ1) is 16.0. The summed E-state index contributed by atoms with van der Waals surface area (Å²) >= 11 is 0. The van der Waals surface area contributed by atoms with Crippen LogP contribution in [0.3, 0.4) is 0 Å². The quantitative estimate of drug-likeness (QED) is 0.787. The second kappa shape index (κ2) is 7.54. The highest BCUT2D eigenvalue weighted by Crippen LogP contribution is 2.32. The van der Waals surface area contributed by atoms with Crippen LogP contribution in [0.4, 0.5) is 0 Å². The van der Waals surface area contributed by atoms with E-state index in [9.17, 15) is 0 Å².